The van der Waals surface area contributed by atoms with Crippen molar-refractivity contribution in [3.63, 3.8) is 0 Å². The Labute approximate surface area is 175 Å². The van der Waals surface area contributed by atoms with E-state index < -0.39 is 0 Å². The van der Waals surface area contributed by atoms with E-state index >= 15 is 0 Å². The largest absolute Gasteiger partial charge is 0.0654 e. The first-order valence-electron chi connectivity index (χ1n) is 12.9. The first-order chi connectivity index (χ1) is 13.8. The van der Waals surface area contributed by atoms with Crippen molar-refractivity contribution in [1.82, 2.24) is 0 Å². The van der Waals surface area contributed by atoms with Crippen LogP contribution in [0, 0.1) is 23.7 Å². The van der Waals surface area contributed by atoms with E-state index in [-0.39, 0.29) is 0 Å². The molecule has 2 saturated carbocycles. The molecule has 2 aliphatic rings. The summed E-state index contributed by atoms with van der Waals surface area (Å²) in [5.41, 5.74) is 3.11. The molecule has 0 heteroatoms. The summed E-state index contributed by atoms with van der Waals surface area (Å²) in [6, 6.07) is 9.61. The van der Waals surface area contributed by atoms with Gasteiger partial charge in [-0.15, -0.1) is 0 Å². The Balaban J connectivity index is 1.32. The molecule has 0 N–H and O–H groups in total. The summed E-state index contributed by atoms with van der Waals surface area (Å²) in [4.78, 5) is 0. The molecular formula is C28H46. The molecule has 0 amide bonds. The van der Waals surface area contributed by atoms with Gasteiger partial charge in [-0.3, -0.25) is 0 Å². The molecule has 0 atom stereocenters. The lowest BCUT2D eigenvalue weighted by molar-refractivity contribution is 0.142. The van der Waals surface area contributed by atoms with Gasteiger partial charge in [-0.1, -0.05) is 89.5 Å². The molecule has 1 aromatic carbocycles. The smallest absolute Gasteiger partial charge is 0.0276 e. The zero-order valence-corrected chi connectivity index (χ0v) is 18.9. The van der Waals surface area contributed by atoms with Crippen molar-refractivity contribution in [3.05, 3.63) is 35.4 Å². The number of hydrogen-bond acceptors (Lipinski definition) is 0. The van der Waals surface area contributed by atoms with Gasteiger partial charge in [0.1, 0.15) is 0 Å². The number of hydrogen-bond donors (Lipinski definition) is 0. The molecule has 0 unspecified atom stereocenters. The van der Waals surface area contributed by atoms with Crippen LogP contribution in [-0.4, -0.2) is 0 Å². The molecule has 0 aromatic heterocycles. The van der Waals surface area contributed by atoms with Gasteiger partial charge < -0.3 is 0 Å². The third-order valence-electron chi connectivity index (χ3n) is 8.21. The van der Waals surface area contributed by atoms with Crippen LogP contribution >= 0.6 is 0 Å². The van der Waals surface area contributed by atoms with Crippen LogP contribution in [0.1, 0.15) is 115 Å². The summed E-state index contributed by atoms with van der Waals surface area (Å²) in [7, 11) is 0. The molecule has 0 heterocycles. The van der Waals surface area contributed by atoms with Crippen LogP contribution < -0.4 is 0 Å². The van der Waals surface area contributed by atoms with Crippen molar-refractivity contribution < 1.29 is 0 Å². The highest BCUT2D eigenvalue weighted by Crippen LogP contribution is 2.42. The minimum absolute atomic E-state index is 0.997. The predicted molar refractivity (Wildman–Crippen MR) is 124 cm³/mol. The standard InChI is InChI=1S/C28H46/c1-3-5-6-7-8-24-9-11-25(12-10-24)13-14-26-17-21-28(22-18-26)27-19-15-23(4-2)16-20-27/h9-12,23,26-28H,3-8,13-22H2,1-2H3/t23-,26-,27-,28-. The molecule has 2 aliphatic carbocycles. The molecule has 0 radical (unpaired) electrons. The summed E-state index contributed by atoms with van der Waals surface area (Å²) in [6.45, 7) is 4.68. The SMILES string of the molecule is CCCCCCc1ccc(CC[C@H]2CC[C@H]([C@H]3CC[C@H](CC)CC3)CC2)cc1. The van der Waals surface area contributed by atoms with Crippen LogP contribution in [0.15, 0.2) is 24.3 Å². The fourth-order valence-corrected chi connectivity index (χ4v) is 6.02. The lowest BCUT2D eigenvalue weighted by Gasteiger charge is -2.37. The fourth-order valence-electron chi connectivity index (χ4n) is 6.02. The summed E-state index contributed by atoms with van der Waals surface area (Å²) in [5.74, 6) is 4.20. The van der Waals surface area contributed by atoms with E-state index in [1.807, 2.05) is 0 Å². The molecule has 0 saturated heterocycles. The average molecular weight is 383 g/mol. The second kappa shape index (κ2) is 12.0. The van der Waals surface area contributed by atoms with Crippen LogP contribution in [0.2, 0.25) is 0 Å². The van der Waals surface area contributed by atoms with Crippen LogP contribution in [0.4, 0.5) is 0 Å². The fraction of sp³-hybridized carbons (Fsp3) is 0.786. The second-order valence-corrected chi connectivity index (χ2v) is 10.1. The van der Waals surface area contributed by atoms with Gasteiger partial charge in [0.25, 0.3) is 0 Å². The zero-order chi connectivity index (χ0) is 19.6. The average Bonchev–Trinajstić information content (AvgIpc) is 2.76. The minimum atomic E-state index is 0.997. The monoisotopic (exact) mass is 382 g/mol. The Bertz CT molecular complexity index is 511. The molecule has 2 fully saturated rings. The van der Waals surface area contributed by atoms with Crippen LogP contribution in [0.25, 0.3) is 0 Å². The highest BCUT2D eigenvalue weighted by Gasteiger charge is 2.30. The van der Waals surface area contributed by atoms with Crippen molar-refractivity contribution in [1.29, 1.82) is 0 Å². The van der Waals surface area contributed by atoms with E-state index in [0.29, 0.717) is 0 Å². The van der Waals surface area contributed by atoms with Crippen molar-refractivity contribution in [2.24, 2.45) is 23.7 Å². The summed E-state index contributed by atoms with van der Waals surface area (Å²) >= 11 is 0. The maximum absolute atomic E-state index is 2.41. The maximum atomic E-state index is 2.41. The lowest BCUT2D eigenvalue weighted by atomic mass is 9.68. The van der Waals surface area contributed by atoms with Crippen molar-refractivity contribution in [2.45, 2.75) is 117 Å². The minimum Gasteiger partial charge on any atom is -0.0654 e. The number of rotatable bonds is 10. The topological polar surface area (TPSA) is 0 Å². The normalized spacial score (nSPS) is 28.4. The van der Waals surface area contributed by atoms with Crippen molar-refractivity contribution in [3.8, 4) is 0 Å². The van der Waals surface area contributed by atoms with E-state index in [1.165, 1.54) is 95.5 Å². The van der Waals surface area contributed by atoms with Crippen molar-refractivity contribution in [2.75, 3.05) is 0 Å². The summed E-state index contributed by atoms with van der Waals surface area (Å²) in [6.07, 6.45) is 23.1. The van der Waals surface area contributed by atoms with E-state index in [4.69, 9.17) is 0 Å². The molecule has 0 bridgehead atoms. The predicted octanol–water partition coefficient (Wildman–Crippen LogP) is 8.76. The number of aryl methyl sites for hydroxylation is 2. The lowest BCUT2D eigenvalue weighted by Crippen LogP contribution is -2.25. The first kappa shape index (κ1) is 21.9. The molecule has 28 heavy (non-hydrogen) atoms. The Morgan fingerprint density at radius 3 is 1.68 bits per heavy atom. The van der Waals surface area contributed by atoms with Crippen LogP contribution in [-0.2, 0) is 12.8 Å². The molecular weight excluding hydrogens is 336 g/mol. The van der Waals surface area contributed by atoms with Gasteiger partial charge in [0.15, 0.2) is 0 Å². The molecule has 0 aliphatic heterocycles. The third-order valence-corrected chi connectivity index (χ3v) is 8.21. The second-order valence-electron chi connectivity index (χ2n) is 10.1. The van der Waals surface area contributed by atoms with E-state index in [9.17, 15) is 0 Å². The van der Waals surface area contributed by atoms with E-state index in [1.54, 1.807) is 18.4 Å². The van der Waals surface area contributed by atoms with Gasteiger partial charge in [0.2, 0.25) is 0 Å². The Morgan fingerprint density at radius 2 is 1.14 bits per heavy atom. The van der Waals surface area contributed by atoms with E-state index in [0.717, 1.165) is 23.7 Å². The Hall–Kier alpha value is -0.780. The van der Waals surface area contributed by atoms with E-state index in [2.05, 4.69) is 38.1 Å². The van der Waals surface area contributed by atoms with Gasteiger partial charge in [-0.25, -0.2) is 0 Å². The van der Waals surface area contributed by atoms with Gasteiger partial charge >= 0.3 is 0 Å². The summed E-state index contributed by atoms with van der Waals surface area (Å²) in [5, 5.41) is 0. The highest BCUT2D eigenvalue weighted by atomic mass is 14.4. The molecule has 0 nitrogen and oxygen atoms in total. The third kappa shape index (κ3) is 6.93. The Kier molecular flexibility index (Phi) is 9.42. The number of unbranched alkanes of at least 4 members (excludes halogenated alkanes) is 3. The van der Waals surface area contributed by atoms with Gasteiger partial charge in [0.05, 0.1) is 0 Å². The maximum Gasteiger partial charge on any atom is -0.0276 e. The molecule has 3 rings (SSSR count). The van der Waals surface area contributed by atoms with Crippen LogP contribution in [0.5, 0.6) is 0 Å². The molecule has 158 valence electrons. The number of benzene rings is 1. The Morgan fingerprint density at radius 1 is 0.607 bits per heavy atom. The molecule has 1 aromatic rings. The summed E-state index contributed by atoms with van der Waals surface area (Å²) < 4.78 is 0. The van der Waals surface area contributed by atoms with Crippen LogP contribution in [0.3, 0.4) is 0 Å². The van der Waals surface area contributed by atoms with Gasteiger partial charge in [-0.2, -0.15) is 0 Å². The van der Waals surface area contributed by atoms with Gasteiger partial charge in [-0.05, 0) is 86.2 Å². The first-order valence-corrected chi connectivity index (χ1v) is 12.9. The highest BCUT2D eigenvalue weighted by molar-refractivity contribution is 5.22. The van der Waals surface area contributed by atoms with Gasteiger partial charge in [0, 0.05) is 0 Å². The zero-order valence-electron chi connectivity index (χ0n) is 18.9. The van der Waals surface area contributed by atoms with Crippen molar-refractivity contribution >= 4 is 0 Å². The quantitative estimate of drug-likeness (QED) is 0.355. The molecule has 0 spiro atoms.